The minimum absolute atomic E-state index is 0.0159. The minimum atomic E-state index is -1.38. The summed E-state index contributed by atoms with van der Waals surface area (Å²) >= 11 is 6.41. The summed E-state index contributed by atoms with van der Waals surface area (Å²) < 4.78 is 46.5. The fourth-order valence-electron chi connectivity index (χ4n) is 6.80. The SMILES string of the molecule is O=C(O)N1CC2CC(c3ccc(CCCOc4c(F)ccc(F)c4F)cc3)=C(C(=O)N(CCc3ccccc3Cl)C3CC3)C(C1)N2C(=O)O. The van der Waals surface area contributed by atoms with Gasteiger partial charge in [-0.05, 0) is 79.0 Å². The summed E-state index contributed by atoms with van der Waals surface area (Å²) in [5.41, 5.74) is 3.43. The van der Waals surface area contributed by atoms with Gasteiger partial charge in [-0.1, -0.05) is 54.1 Å². The average Bonchev–Trinajstić information content (AvgIpc) is 3.92. The number of carbonyl (C=O) groups is 3. The van der Waals surface area contributed by atoms with E-state index in [2.05, 4.69) is 0 Å². The lowest BCUT2D eigenvalue weighted by Crippen LogP contribution is -2.65. The lowest BCUT2D eigenvalue weighted by molar-refractivity contribution is -0.128. The molecule has 1 saturated carbocycles. The van der Waals surface area contributed by atoms with Gasteiger partial charge in [-0.2, -0.15) is 4.39 Å². The number of piperazine rings is 1. The summed E-state index contributed by atoms with van der Waals surface area (Å²) in [5, 5.41) is 20.7. The van der Waals surface area contributed by atoms with Gasteiger partial charge in [0.05, 0.1) is 18.7 Å². The summed E-state index contributed by atoms with van der Waals surface area (Å²) in [4.78, 5) is 43.4. The zero-order valence-corrected chi connectivity index (χ0v) is 27.2. The van der Waals surface area contributed by atoms with Gasteiger partial charge < -0.3 is 24.7 Å². The third-order valence-corrected chi connectivity index (χ3v) is 9.73. The molecule has 2 atom stereocenters. The predicted molar refractivity (Wildman–Crippen MR) is 175 cm³/mol. The van der Waals surface area contributed by atoms with Crippen molar-refractivity contribution in [3.8, 4) is 5.75 Å². The molecule has 0 aromatic heterocycles. The first-order chi connectivity index (χ1) is 23.5. The molecule has 3 aromatic carbocycles. The molecule has 3 amide bonds. The number of rotatable bonds is 11. The first-order valence-electron chi connectivity index (χ1n) is 16.2. The van der Waals surface area contributed by atoms with E-state index < -0.39 is 47.5 Å². The third kappa shape index (κ3) is 7.34. The number of hydrogen-bond acceptors (Lipinski definition) is 4. The summed E-state index contributed by atoms with van der Waals surface area (Å²) in [6.45, 7) is 0.117. The van der Waals surface area contributed by atoms with E-state index in [9.17, 15) is 37.8 Å². The molecule has 3 aromatic rings. The van der Waals surface area contributed by atoms with Gasteiger partial charge in [0.1, 0.15) is 0 Å². The Bertz CT molecular complexity index is 1780. The topological polar surface area (TPSA) is 111 Å². The van der Waals surface area contributed by atoms with E-state index in [1.54, 1.807) is 11.0 Å². The van der Waals surface area contributed by atoms with Crippen molar-refractivity contribution in [3.05, 3.63) is 105 Å². The van der Waals surface area contributed by atoms with Crippen molar-refractivity contribution in [2.45, 2.75) is 56.7 Å². The van der Waals surface area contributed by atoms with Crippen molar-refractivity contribution in [1.29, 1.82) is 0 Å². The summed E-state index contributed by atoms with van der Waals surface area (Å²) in [7, 11) is 0. The Hall–Kier alpha value is -4.71. The van der Waals surface area contributed by atoms with Crippen molar-refractivity contribution >= 4 is 35.3 Å². The Kier molecular flexibility index (Phi) is 10.0. The van der Waals surface area contributed by atoms with Gasteiger partial charge in [-0.25, -0.2) is 18.4 Å². The van der Waals surface area contributed by atoms with Crippen molar-refractivity contribution in [2.24, 2.45) is 0 Å². The number of aryl methyl sites for hydroxylation is 1. The molecule has 3 aliphatic rings. The van der Waals surface area contributed by atoms with E-state index in [4.69, 9.17) is 16.3 Å². The van der Waals surface area contributed by atoms with Crippen LogP contribution in [0.2, 0.25) is 5.02 Å². The van der Waals surface area contributed by atoms with Crippen molar-refractivity contribution < 1.29 is 42.5 Å². The van der Waals surface area contributed by atoms with Crippen LogP contribution in [0.3, 0.4) is 0 Å². The molecular formula is C36H35ClF3N3O6. The third-order valence-electron chi connectivity index (χ3n) is 9.36. The summed E-state index contributed by atoms with van der Waals surface area (Å²) in [6.07, 6.45) is 0.736. The molecule has 0 spiro atoms. The molecule has 2 fully saturated rings. The Morgan fingerprint density at radius 1 is 0.898 bits per heavy atom. The maximum absolute atomic E-state index is 14.6. The number of halogens is 4. The molecule has 9 nitrogen and oxygen atoms in total. The molecule has 1 aliphatic carbocycles. The van der Waals surface area contributed by atoms with Gasteiger partial charge in [0.25, 0.3) is 5.91 Å². The Morgan fingerprint density at radius 3 is 2.29 bits per heavy atom. The highest BCUT2D eigenvalue weighted by atomic mass is 35.5. The van der Waals surface area contributed by atoms with E-state index in [1.807, 2.05) is 42.5 Å². The van der Waals surface area contributed by atoms with Crippen molar-refractivity contribution in [2.75, 3.05) is 26.2 Å². The first kappa shape index (κ1) is 34.2. The van der Waals surface area contributed by atoms with Crippen molar-refractivity contribution in [1.82, 2.24) is 14.7 Å². The molecule has 2 bridgehead atoms. The number of benzene rings is 3. The molecule has 0 radical (unpaired) electrons. The monoisotopic (exact) mass is 697 g/mol. The largest absolute Gasteiger partial charge is 0.488 e. The highest BCUT2D eigenvalue weighted by molar-refractivity contribution is 6.31. The lowest BCUT2D eigenvalue weighted by atomic mass is 9.81. The van der Waals surface area contributed by atoms with Crippen LogP contribution in [0.1, 0.15) is 42.4 Å². The van der Waals surface area contributed by atoms with E-state index in [-0.39, 0.29) is 43.6 Å². The maximum Gasteiger partial charge on any atom is 0.408 e. The van der Waals surface area contributed by atoms with Crippen molar-refractivity contribution in [3.63, 3.8) is 0 Å². The second-order valence-electron chi connectivity index (χ2n) is 12.5. The van der Waals surface area contributed by atoms with Gasteiger partial charge in [-0.3, -0.25) is 9.69 Å². The second-order valence-corrected chi connectivity index (χ2v) is 12.9. The van der Waals surface area contributed by atoms with Crippen LogP contribution >= 0.6 is 11.6 Å². The number of carboxylic acid groups (broad SMARTS) is 2. The zero-order chi connectivity index (χ0) is 34.8. The number of fused-ring (bicyclic) bond motifs is 2. The quantitative estimate of drug-likeness (QED) is 0.167. The van der Waals surface area contributed by atoms with E-state index in [0.29, 0.717) is 42.5 Å². The van der Waals surface area contributed by atoms with Crippen LogP contribution in [0.4, 0.5) is 22.8 Å². The number of nitrogens with zero attached hydrogens (tertiary/aromatic N) is 3. The van der Waals surface area contributed by atoms with Crippen LogP contribution in [-0.4, -0.2) is 87.4 Å². The van der Waals surface area contributed by atoms with Crippen LogP contribution in [0.25, 0.3) is 5.57 Å². The molecule has 1 saturated heterocycles. The molecule has 2 heterocycles. The second kappa shape index (κ2) is 14.4. The highest BCUT2D eigenvalue weighted by Crippen LogP contribution is 2.41. The van der Waals surface area contributed by atoms with E-state index >= 15 is 0 Å². The summed E-state index contributed by atoms with van der Waals surface area (Å²) in [6, 6.07) is 14.6. The van der Waals surface area contributed by atoms with E-state index in [0.717, 1.165) is 35.6 Å². The van der Waals surface area contributed by atoms with Gasteiger partial charge in [0, 0.05) is 36.3 Å². The van der Waals surface area contributed by atoms with Gasteiger partial charge in [-0.15, -0.1) is 0 Å². The molecular weight excluding hydrogens is 663 g/mol. The van der Waals surface area contributed by atoms with Crippen LogP contribution < -0.4 is 4.74 Å². The Balaban J connectivity index is 1.27. The predicted octanol–water partition coefficient (Wildman–Crippen LogP) is 6.87. The Morgan fingerprint density at radius 2 is 1.61 bits per heavy atom. The van der Waals surface area contributed by atoms with E-state index in [1.165, 1.54) is 9.80 Å². The van der Waals surface area contributed by atoms with Gasteiger partial charge in [0.15, 0.2) is 17.4 Å². The minimum Gasteiger partial charge on any atom is -0.488 e. The molecule has 2 unspecified atom stereocenters. The number of hydrogen-bond donors (Lipinski definition) is 2. The fraction of sp³-hybridized carbons (Fsp3) is 0.361. The van der Waals surface area contributed by atoms with Crippen LogP contribution in [0, 0.1) is 17.5 Å². The molecule has 49 heavy (non-hydrogen) atoms. The lowest BCUT2D eigenvalue weighted by Gasteiger charge is -2.49. The highest BCUT2D eigenvalue weighted by Gasteiger charge is 2.49. The summed E-state index contributed by atoms with van der Waals surface area (Å²) in [5.74, 6) is -4.64. The van der Waals surface area contributed by atoms with Gasteiger partial charge >= 0.3 is 12.2 Å². The smallest absolute Gasteiger partial charge is 0.408 e. The van der Waals surface area contributed by atoms with Crippen LogP contribution in [0.15, 0.2) is 66.2 Å². The first-order valence-corrected chi connectivity index (χ1v) is 16.5. The standard InChI is InChI=1S/C36H35ClF3N3O6/c37-27-6-2-1-5-23(27)15-16-42(24-11-12-24)34(44)31-26(18-25-19-41(35(45)46)20-30(31)43(25)36(47)48)22-9-7-21(8-10-22)4-3-17-49-33-29(39)14-13-28(38)32(33)40/h1-2,5-10,13-14,24-25,30H,3-4,11-12,15-20H2,(H,45,46)(H,47,48). The number of ether oxygens (including phenoxy) is 1. The van der Waals surface area contributed by atoms with Gasteiger partial charge in [0.2, 0.25) is 5.82 Å². The fourth-order valence-corrected chi connectivity index (χ4v) is 7.03. The molecule has 2 aliphatic heterocycles. The Labute approximate surface area is 286 Å². The van der Waals surface area contributed by atoms with Crippen LogP contribution in [-0.2, 0) is 17.6 Å². The maximum atomic E-state index is 14.6. The molecule has 6 rings (SSSR count). The van der Waals surface area contributed by atoms with Crippen LogP contribution in [0.5, 0.6) is 5.75 Å². The molecule has 13 heteroatoms. The number of amides is 3. The normalized spacial score (nSPS) is 18.8. The number of carbonyl (C=O) groups excluding carboxylic acids is 1. The average molecular weight is 698 g/mol. The molecule has 2 N–H and O–H groups in total. The zero-order valence-electron chi connectivity index (χ0n) is 26.5. The molecule has 258 valence electrons.